The zero-order chi connectivity index (χ0) is 14.8. The van der Waals surface area contributed by atoms with Crippen molar-refractivity contribution in [3.05, 3.63) is 29.3 Å². The van der Waals surface area contributed by atoms with Gasteiger partial charge >= 0.3 is 5.97 Å². The number of carbonyl (C=O) groups is 1. The third kappa shape index (κ3) is 2.91. The third-order valence-corrected chi connectivity index (χ3v) is 4.71. The molecule has 0 spiro atoms. The topological polar surface area (TPSA) is 49.8 Å². The van der Waals surface area contributed by atoms with E-state index < -0.39 is 5.97 Å². The van der Waals surface area contributed by atoms with E-state index in [4.69, 9.17) is 4.74 Å². The van der Waals surface area contributed by atoms with Crippen molar-refractivity contribution < 1.29 is 14.6 Å². The van der Waals surface area contributed by atoms with E-state index in [2.05, 4.69) is 30.0 Å². The zero-order valence-electron chi connectivity index (χ0n) is 12.5. The van der Waals surface area contributed by atoms with Crippen molar-refractivity contribution in [2.45, 2.75) is 38.6 Å². The highest BCUT2D eigenvalue weighted by molar-refractivity contribution is 5.70. The van der Waals surface area contributed by atoms with Crippen molar-refractivity contribution >= 4 is 5.97 Å². The van der Waals surface area contributed by atoms with Crippen LogP contribution < -0.4 is 4.74 Å². The molecule has 2 aliphatic rings. The molecule has 3 rings (SSSR count). The molecule has 0 saturated carbocycles. The molecule has 0 aromatic heterocycles. The molecule has 2 atom stereocenters. The fraction of sp³-hybridized carbons (Fsp3) is 0.588. The number of carboxylic acid groups (broad SMARTS) is 1. The molecule has 1 N–H and O–H groups in total. The number of para-hydroxylation sites is 1. The summed E-state index contributed by atoms with van der Waals surface area (Å²) < 4.78 is 5.93. The molecule has 2 aliphatic heterocycles. The lowest BCUT2D eigenvalue weighted by Crippen LogP contribution is -2.40. The number of ether oxygens (including phenoxy) is 1. The summed E-state index contributed by atoms with van der Waals surface area (Å²) in [5, 5.41) is 9.30. The second-order valence-corrected chi connectivity index (χ2v) is 6.17. The highest BCUT2D eigenvalue weighted by Crippen LogP contribution is 2.39. The largest absolute Gasteiger partial charge is 0.493 e. The second kappa shape index (κ2) is 6.06. The fourth-order valence-corrected chi connectivity index (χ4v) is 3.61. The van der Waals surface area contributed by atoms with Crippen LogP contribution >= 0.6 is 0 Å². The number of aliphatic carboxylic acids is 1. The lowest BCUT2D eigenvalue weighted by Gasteiger charge is -2.37. The summed E-state index contributed by atoms with van der Waals surface area (Å²) >= 11 is 0. The van der Waals surface area contributed by atoms with Crippen LogP contribution in [0.4, 0.5) is 0 Å². The lowest BCUT2D eigenvalue weighted by atomic mass is 9.92. The maximum Gasteiger partial charge on any atom is 0.307 e. The molecular weight excluding hydrogens is 266 g/mol. The van der Waals surface area contributed by atoms with E-state index in [1.807, 2.05) is 0 Å². The highest BCUT2D eigenvalue weighted by atomic mass is 16.5. The Balaban J connectivity index is 1.88. The summed E-state index contributed by atoms with van der Waals surface area (Å²) in [5.41, 5.74) is 2.41. The number of hydrogen-bond donors (Lipinski definition) is 1. The molecule has 1 saturated heterocycles. The molecule has 2 heterocycles. The van der Waals surface area contributed by atoms with E-state index in [1.165, 1.54) is 11.1 Å². The van der Waals surface area contributed by atoms with Crippen LogP contribution in [0.5, 0.6) is 5.75 Å². The van der Waals surface area contributed by atoms with Crippen LogP contribution in [-0.4, -0.2) is 35.7 Å². The van der Waals surface area contributed by atoms with Crippen LogP contribution in [-0.2, 0) is 4.79 Å². The van der Waals surface area contributed by atoms with Crippen LogP contribution in [0.1, 0.15) is 42.9 Å². The van der Waals surface area contributed by atoms with Gasteiger partial charge in [0.2, 0.25) is 0 Å². The van der Waals surface area contributed by atoms with Crippen molar-refractivity contribution in [1.29, 1.82) is 0 Å². The van der Waals surface area contributed by atoms with Gasteiger partial charge in [0, 0.05) is 18.2 Å². The predicted octanol–water partition coefficient (Wildman–Crippen LogP) is 3.01. The van der Waals surface area contributed by atoms with Gasteiger partial charge in [-0.15, -0.1) is 0 Å². The molecule has 1 aromatic carbocycles. The number of benzene rings is 1. The van der Waals surface area contributed by atoms with Crippen molar-refractivity contribution in [3.63, 3.8) is 0 Å². The second-order valence-electron chi connectivity index (χ2n) is 6.17. The van der Waals surface area contributed by atoms with Gasteiger partial charge in [-0.25, -0.2) is 0 Å². The Morgan fingerprint density at radius 3 is 3.00 bits per heavy atom. The molecule has 0 radical (unpaired) electrons. The van der Waals surface area contributed by atoms with Gasteiger partial charge in [-0.05, 0) is 44.7 Å². The molecule has 21 heavy (non-hydrogen) atoms. The van der Waals surface area contributed by atoms with Crippen LogP contribution in [0.15, 0.2) is 18.2 Å². The summed E-state index contributed by atoms with van der Waals surface area (Å²) in [7, 11) is 0. The predicted molar refractivity (Wildman–Crippen MR) is 80.6 cm³/mol. The summed E-state index contributed by atoms with van der Waals surface area (Å²) in [4.78, 5) is 13.7. The first kappa shape index (κ1) is 14.4. The number of fused-ring (bicyclic) bond motifs is 1. The third-order valence-electron chi connectivity index (χ3n) is 4.71. The van der Waals surface area contributed by atoms with E-state index in [0.29, 0.717) is 12.6 Å². The molecule has 2 unspecified atom stereocenters. The molecular formula is C17H23NO3. The average Bonchev–Trinajstić information content (AvgIpc) is 2.71. The molecule has 1 fully saturated rings. The monoisotopic (exact) mass is 289 g/mol. The number of carboxylic acids is 1. The number of rotatable bonds is 2. The fourth-order valence-electron chi connectivity index (χ4n) is 3.61. The zero-order valence-corrected chi connectivity index (χ0v) is 12.5. The number of hydrogen-bond acceptors (Lipinski definition) is 3. The summed E-state index contributed by atoms with van der Waals surface area (Å²) in [6.07, 6.45) is 3.83. The first-order chi connectivity index (χ1) is 10.2. The number of piperidine rings is 1. The SMILES string of the molecule is Cc1cccc2c1OCCCC2N1CCCC(C(=O)O)C1. The molecule has 0 aliphatic carbocycles. The number of likely N-dealkylation sites (tertiary alicyclic amines) is 1. The van der Waals surface area contributed by atoms with E-state index in [9.17, 15) is 9.90 Å². The maximum atomic E-state index is 11.3. The highest BCUT2D eigenvalue weighted by Gasteiger charge is 2.32. The quantitative estimate of drug-likeness (QED) is 0.909. The Hall–Kier alpha value is -1.55. The van der Waals surface area contributed by atoms with E-state index in [0.717, 1.165) is 44.6 Å². The molecule has 1 aromatic rings. The molecule has 0 amide bonds. The summed E-state index contributed by atoms with van der Waals surface area (Å²) in [6, 6.07) is 6.60. The Labute approximate surface area is 125 Å². The number of nitrogens with zero attached hydrogens (tertiary/aromatic N) is 1. The Kier molecular flexibility index (Phi) is 4.15. The van der Waals surface area contributed by atoms with Gasteiger partial charge < -0.3 is 9.84 Å². The minimum atomic E-state index is -0.658. The average molecular weight is 289 g/mol. The Morgan fingerprint density at radius 2 is 2.19 bits per heavy atom. The Bertz CT molecular complexity index is 529. The molecule has 4 nitrogen and oxygen atoms in total. The van der Waals surface area contributed by atoms with Crippen LogP contribution in [0.25, 0.3) is 0 Å². The van der Waals surface area contributed by atoms with E-state index in [-0.39, 0.29) is 5.92 Å². The van der Waals surface area contributed by atoms with Gasteiger partial charge in [-0.1, -0.05) is 18.2 Å². The molecule has 0 bridgehead atoms. The first-order valence-corrected chi connectivity index (χ1v) is 7.86. The van der Waals surface area contributed by atoms with Gasteiger partial charge in [0.15, 0.2) is 0 Å². The number of aryl methyl sites for hydroxylation is 1. The smallest absolute Gasteiger partial charge is 0.307 e. The van der Waals surface area contributed by atoms with Gasteiger partial charge in [-0.2, -0.15) is 0 Å². The van der Waals surface area contributed by atoms with E-state index >= 15 is 0 Å². The summed E-state index contributed by atoms with van der Waals surface area (Å²) in [6.45, 7) is 4.48. The Morgan fingerprint density at radius 1 is 1.33 bits per heavy atom. The summed E-state index contributed by atoms with van der Waals surface area (Å²) in [5.74, 6) is 0.127. The lowest BCUT2D eigenvalue weighted by molar-refractivity contribution is -0.144. The van der Waals surface area contributed by atoms with Gasteiger partial charge in [-0.3, -0.25) is 9.69 Å². The van der Waals surface area contributed by atoms with Crippen molar-refractivity contribution in [3.8, 4) is 5.75 Å². The van der Waals surface area contributed by atoms with E-state index in [1.54, 1.807) is 0 Å². The van der Waals surface area contributed by atoms with Crippen LogP contribution in [0.2, 0.25) is 0 Å². The van der Waals surface area contributed by atoms with Gasteiger partial charge in [0.05, 0.1) is 12.5 Å². The minimum Gasteiger partial charge on any atom is -0.493 e. The maximum absolute atomic E-state index is 11.3. The van der Waals surface area contributed by atoms with Crippen LogP contribution in [0.3, 0.4) is 0 Å². The van der Waals surface area contributed by atoms with Crippen molar-refractivity contribution in [1.82, 2.24) is 4.90 Å². The minimum absolute atomic E-state index is 0.226. The normalized spacial score (nSPS) is 26.5. The molecule has 4 heteroatoms. The van der Waals surface area contributed by atoms with Gasteiger partial charge in [0.1, 0.15) is 5.75 Å². The van der Waals surface area contributed by atoms with Gasteiger partial charge in [0.25, 0.3) is 0 Å². The van der Waals surface area contributed by atoms with Crippen LogP contribution in [0, 0.1) is 12.8 Å². The van der Waals surface area contributed by atoms with Crippen molar-refractivity contribution in [2.75, 3.05) is 19.7 Å². The first-order valence-electron chi connectivity index (χ1n) is 7.86. The van der Waals surface area contributed by atoms with Crippen molar-refractivity contribution in [2.24, 2.45) is 5.92 Å². The molecule has 114 valence electrons. The standard InChI is InChI=1S/C17H23NO3/c1-12-5-2-7-14-15(8-4-10-21-16(12)14)18-9-3-6-13(11-18)17(19)20/h2,5,7,13,15H,3-4,6,8-11H2,1H3,(H,19,20).